The van der Waals surface area contributed by atoms with E-state index in [1.165, 1.54) is 23.5 Å². The predicted octanol–water partition coefficient (Wildman–Crippen LogP) is 1.82. The Morgan fingerprint density at radius 1 is 1.39 bits per heavy atom. The van der Waals surface area contributed by atoms with E-state index in [4.69, 9.17) is 5.14 Å². The molecule has 1 aliphatic rings. The molecule has 3 N–H and O–H groups in total. The van der Waals surface area contributed by atoms with Gasteiger partial charge in [-0.3, -0.25) is 10.1 Å². The van der Waals surface area contributed by atoms with Crippen molar-refractivity contribution in [3.63, 3.8) is 0 Å². The minimum Gasteiger partial charge on any atom is -0.357 e. The van der Waals surface area contributed by atoms with Crippen LogP contribution in [0.15, 0.2) is 32.3 Å². The highest BCUT2D eigenvalue weighted by Crippen LogP contribution is 2.38. The Labute approximate surface area is 139 Å². The van der Waals surface area contributed by atoms with Crippen LogP contribution in [0.25, 0.3) is 0 Å². The number of primary sulfonamides is 1. The Morgan fingerprint density at radius 3 is 2.74 bits per heavy atom. The summed E-state index contributed by atoms with van der Waals surface area (Å²) in [7, 11) is -4.00. The molecule has 0 radical (unpaired) electrons. The van der Waals surface area contributed by atoms with Gasteiger partial charge in [-0.2, -0.15) is 0 Å². The van der Waals surface area contributed by atoms with Crippen LogP contribution in [0, 0.1) is 10.1 Å². The quantitative estimate of drug-likeness (QED) is 0.577. The molecule has 9 nitrogen and oxygen atoms in total. The van der Waals surface area contributed by atoms with Gasteiger partial charge < -0.3 is 5.32 Å². The Kier molecular flexibility index (Phi) is 4.23. The fourth-order valence-corrected chi connectivity index (χ4v) is 4.11. The SMILES string of the molecule is NS(=O)(=O)c1ccc(Sc2nnc(NC3CC3)s2)c([N+](=O)[O-])c1. The first-order valence-electron chi connectivity index (χ1n) is 6.42. The Balaban J connectivity index is 1.86. The van der Waals surface area contributed by atoms with Gasteiger partial charge in [0, 0.05) is 12.1 Å². The first kappa shape index (κ1) is 16.1. The minimum atomic E-state index is -4.00. The fourth-order valence-electron chi connectivity index (χ4n) is 1.71. The van der Waals surface area contributed by atoms with Crippen LogP contribution >= 0.6 is 23.1 Å². The normalized spacial score (nSPS) is 14.7. The summed E-state index contributed by atoms with van der Waals surface area (Å²) < 4.78 is 23.1. The zero-order valence-corrected chi connectivity index (χ0v) is 13.9. The highest BCUT2D eigenvalue weighted by atomic mass is 32.2. The van der Waals surface area contributed by atoms with Gasteiger partial charge in [0.15, 0.2) is 4.34 Å². The van der Waals surface area contributed by atoms with E-state index >= 15 is 0 Å². The summed E-state index contributed by atoms with van der Waals surface area (Å²) >= 11 is 2.35. The second-order valence-corrected chi connectivity index (χ2v) is 8.65. The average molecular weight is 373 g/mol. The molecule has 1 fully saturated rings. The number of rotatable bonds is 6. The molecule has 0 saturated heterocycles. The predicted molar refractivity (Wildman–Crippen MR) is 85.1 cm³/mol. The molecule has 0 unspecified atom stereocenters. The number of hydrogen-bond donors (Lipinski definition) is 2. The van der Waals surface area contributed by atoms with Crippen LogP contribution < -0.4 is 10.5 Å². The van der Waals surface area contributed by atoms with Crippen LogP contribution in [-0.4, -0.2) is 29.6 Å². The maximum atomic E-state index is 11.3. The molecule has 0 atom stereocenters. The van der Waals surface area contributed by atoms with Crippen molar-refractivity contribution in [2.45, 2.75) is 33.0 Å². The van der Waals surface area contributed by atoms with E-state index in [9.17, 15) is 18.5 Å². The lowest BCUT2D eigenvalue weighted by Crippen LogP contribution is -2.12. The molecule has 1 aromatic heterocycles. The molecular formula is C11H11N5O4S3. The maximum Gasteiger partial charge on any atom is 0.284 e. The highest BCUT2D eigenvalue weighted by Gasteiger charge is 2.24. The third-order valence-corrected chi connectivity index (χ3v) is 5.85. The smallest absolute Gasteiger partial charge is 0.284 e. The number of benzene rings is 1. The molecule has 0 amide bonds. The monoisotopic (exact) mass is 373 g/mol. The van der Waals surface area contributed by atoms with Crippen molar-refractivity contribution in [2.24, 2.45) is 5.14 Å². The van der Waals surface area contributed by atoms with Crippen molar-refractivity contribution in [3.05, 3.63) is 28.3 Å². The average Bonchev–Trinajstić information content (AvgIpc) is 3.17. The summed E-state index contributed by atoms with van der Waals surface area (Å²) in [6.07, 6.45) is 2.20. The van der Waals surface area contributed by atoms with Gasteiger partial charge in [-0.15, -0.1) is 10.2 Å². The number of nitrogens with zero attached hydrogens (tertiary/aromatic N) is 3. The zero-order valence-electron chi connectivity index (χ0n) is 11.5. The summed E-state index contributed by atoms with van der Waals surface area (Å²) in [5, 5.41) is 28.0. The summed E-state index contributed by atoms with van der Waals surface area (Å²) in [5.74, 6) is 0. The van der Waals surface area contributed by atoms with Gasteiger partial charge in [0.1, 0.15) is 0 Å². The molecule has 1 saturated carbocycles. The number of hydrogen-bond acceptors (Lipinski definition) is 9. The molecule has 1 aliphatic carbocycles. The number of sulfonamides is 1. The zero-order chi connectivity index (χ0) is 16.6. The van der Waals surface area contributed by atoms with Crippen molar-refractivity contribution < 1.29 is 13.3 Å². The standard InChI is InChI=1S/C11H11N5O4S3/c12-23(19,20)7-3-4-9(8(5-7)16(17)18)21-11-15-14-10(22-11)13-6-1-2-6/h3-6H,1-2H2,(H,13,14)(H2,12,19,20). The molecular weight excluding hydrogens is 362 g/mol. The van der Waals surface area contributed by atoms with Gasteiger partial charge in [-0.05, 0) is 36.7 Å². The third kappa shape index (κ3) is 3.96. The molecule has 12 heteroatoms. The van der Waals surface area contributed by atoms with Crippen molar-refractivity contribution in [1.29, 1.82) is 0 Å². The van der Waals surface area contributed by atoms with E-state index in [1.54, 1.807) is 0 Å². The highest BCUT2D eigenvalue weighted by molar-refractivity contribution is 8.01. The Bertz CT molecular complexity index is 862. The summed E-state index contributed by atoms with van der Waals surface area (Å²) in [6.45, 7) is 0. The Hall–Kier alpha value is -1.76. The van der Waals surface area contributed by atoms with Gasteiger partial charge in [-0.25, -0.2) is 13.6 Å². The number of nitrogens with two attached hydrogens (primary N) is 1. The van der Waals surface area contributed by atoms with Crippen molar-refractivity contribution >= 4 is 43.9 Å². The molecule has 2 aromatic rings. The van der Waals surface area contributed by atoms with Crippen molar-refractivity contribution in [2.75, 3.05) is 5.32 Å². The lowest BCUT2D eigenvalue weighted by Gasteiger charge is -2.02. The van der Waals surface area contributed by atoms with Crippen LogP contribution in [-0.2, 0) is 10.0 Å². The van der Waals surface area contributed by atoms with Gasteiger partial charge in [0.25, 0.3) is 5.69 Å². The maximum absolute atomic E-state index is 11.3. The second-order valence-electron chi connectivity index (χ2n) is 4.83. The summed E-state index contributed by atoms with van der Waals surface area (Å²) in [5.41, 5.74) is -0.339. The van der Waals surface area contributed by atoms with E-state index in [-0.39, 0.29) is 15.5 Å². The molecule has 3 rings (SSSR count). The van der Waals surface area contributed by atoms with E-state index in [0.29, 0.717) is 15.5 Å². The van der Waals surface area contributed by atoms with Crippen LogP contribution in [0.5, 0.6) is 0 Å². The molecule has 1 aromatic carbocycles. The van der Waals surface area contributed by atoms with Crippen LogP contribution in [0.1, 0.15) is 12.8 Å². The number of anilines is 1. The van der Waals surface area contributed by atoms with E-state index < -0.39 is 14.9 Å². The van der Waals surface area contributed by atoms with Crippen LogP contribution in [0.4, 0.5) is 10.8 Å². The minimum absolute atomic E-state index is 0.275. The van der Waals surface area contributed by atoms with Gasteiger partial charge in [0.2, 0.25) is 15.2 Å². The molecule has 23 heavy (non-hydrogen) atoms. The lowest BCUT2D eigenvalue weighted by atomic mass is 10.3. The van der Waals surface area contributed by atoms with Gasteiger partial charge in [-0.1, -0.05) is 11.3 Å². The molecule has 0 spiro atoms. The topological polar surface area (TPSA) is 141 Å². The van der Waals surface area contributed by atoms with Gasteiger partial charge in [0.05, 0.1) is 14.7 Å². The number of nitro groups is 1. The molecule has 0 aliphatic heterocycles. The first-order chi connectivity index (χ1) is 10.8. The van der Waals surface area contributed by atoms with Crippen molar-refractivity contribution in [1.82, 2.24) is 10.2 Å². The summed E-state index contributed by atoms with van der Waals surface area (Å²) in [6, 6.07) is 3.96. The van der Waals surface area contributed by atoms with Gasteiger partial charge >= 0.3 is 0 Å². The molecule has 1 heterocycles. The van der Waals surface area contributed by atoms with Crippen LogP contribution in [0.2, 0.25) is 0 Å². The molecule has 122 valence electrons. The number of nitro benzene ring substituents is 1. The Morgan fingerprint density at radius 2 is 2.13 bits per heavy atom. The third-order valence-electron chi connectivity index (χ3n) is 2.96. The van der Waals surface area contributed by atoms with Crippen LogP contribution in [0.3, 0.4) is 0 Å². The largest absolute Gasteiger partial charge is 0.357 e. The van der Waals surface area contributed by atoms with Crippen molar-refractivity contribution in [3.8, 4) is 0 Å². The van der Waals surface area contributed by atoms with E-state index in [2.05, 4.69) is 15.5 Å². The van der Waals surface area contributed by atoms with E-state index in [0.717, 1.165) is 30.7 Å². The van der Waals surface area contributed by atoms with E-state index in [1.807, 2.05) is 0 Å². The second kappa shape index (κ2) is 6.03. The summed E-state index contributed by atoms with van der Waals surface area (Å²) in [4.78, 5) is 10.5. The number of aromatic nitrogens is 2. The molecule has 0 bridgehead atoms. The first-order valence-corrected chi connectivity index (χ1v) is 9.60. The number of nitrogens with one attached hydrogen (secondary N) is 1. The fraction of sp³-hybridized carbons (Fsp3) is 0.273. The lowest BCUT2D eigenvalue weighted by molar-refractivity contribution is -0.388.